The molecule has 38 heavy (non-hydrogen) atoms. The average molecular weight is 521 g/mol. The van der Waals surface area contributed by atoms with Crippen LogP contribution in [0.4, 0.5) is 11.4 Å². The average Bonchev–Trinajstić information content (AvgIpc) is 3.74. The standard InChI is InChI=1S/C29H36N4O5/c1-4-22-19(17-34)7-5-8-24(22)32-29-20(13-28(30)36)16-31-25-15-27(26(37-3)14-23(25)29)38-12-6-11-33(18(2)35)21-9-10-21/h5,7-8,14-16,21,34H,4,6,9-13,17H2,1-3H3,(H2,30,36)(H,31,32). The van der Waals surface area contributed by atoms with Gasteiger partial charge in [-0.1, -0.05) is 19.1 Å². The van der Waals surface area contributed by atoms with Crippen molar-refractivity contribution in [2.45, 2.75) is 58.6 Å². The van der Waals surface area contributed by atoms with Gasteiger partial charge in [0.05, 0.1) is 37.9 Å². The fourth-order valence-corrected chi connectivity index (χ4v) is 4.84. The van der Waals surface area contributed by atoms with Crippen LogP contribution in [-0.2, 0) is 29.0 Å². The van der Waals surface area contributed by atoms with Crippen molar-refractivity contribution in [3.63, 3.8) is 0 Å². The third kappa shape index (κ3) is 6.16. The Morgan fingerprint density at radius 2 is 2.00 bits per heavy atom. The van der Waals surface area contributed by atoms with E-state index in [1.807, 2.05) is 42.2 Å². The van der Waals surface area contributed by atoms with Gasteiger partial charge in [-0.25, -0.2) is 0 Å². The van der Waals surface area contributed by atoms with Gasteiger partial charge >= 0.3 is 0 Å². The number of pyridine rings is 1. The second kappa shape index (κ2) is 12.1. The summed E-state index contributed by atoms with van der Waals surface area (Å²) in [6.07, 6.45) is 5.23. The number of hydrogen-bond donors (Lipinski definition) is 3. The van der Waals surface area contributed by atoms with E-state index in [0.717, 1.165) is 41.5 Å². The lowest BCUT2D eigenvalue weighted by Gasteiger charge is -2.21. The van der Waals surface area contributed by atoms with E-state index in [1.165, 1.54) is 0 Å². The first-order chi connectivity index (χ1) is 18.4. The predicted octanol–water partition coefficient (Wildman–Crippen LogP) is 3.85. The number of aromatic nitrogens is 1. The van der Waals surface area contributed by atoms with Crippen LogP contribution in [-0.4, -0.2) is 53.1 Å². The monoisotopic (exact) mass is 520 g/mol. The number of anilines is 2. The molecule has 1 aliphatic carbocycles. The molecule has 2 aromatic carbocycles. The van der Waals surface area contributed by atoms with Crippen LogP contribution in [0.3, 0.4) is 0 Å². The Hall–Kier alpha value is -3.85. The van der Waals surface area contributed by atoms with E-state index in [-0.39, 0.29) is 18.9 Å². The third-order valence-corrected chi connectivity index (χ3v) is 6.85. The zero-order valence-electron chi connectivity index (χ0n) is 22.3. The maximum atomic E-state index is 11.9. The first-order valence-electron chi connectivity index (χ1n) is 13.0. The molecule has 0 radical (unpaired) electrons. The molecule has 1 aromatic heterocycles. The molecule has 0 unspecified atom stereocenters. The molecule has 1 heterocycles. The van der Waals surface area contributed by atoms with Crippen LogP contribution < -0.4 is 20.5 Å². The number of ether oxygens (including phenoxy) is 2. The van der Waals surface area contributed by atoms with E-state index in [0.29, 0.717) is 53.9 Å². The van der Waals surface area contributed by atoms with Gasteiger partial charge in [-0.05, 0) is 48.9 Å². The van der Waals surface area contributed by atoms with Crippen molar-refractivity contribution in [2.24, 2.45) is 5.73 Å². The Morgan fingerprint density at radius 3 is 2.63 bits per heavy atom. The van der Waals surface area contributed by atoms with Crippen molar-refractivity contribution in [3.05, 3.63) is 53.2 Å². The molecule has 1 fully saturated rings. The zero-order valence-corrected chi connectivity index (χ0v) is 22.3. The summed E-state index contributed by atoms with van der Waals surface area (Å²) in [4.78, 5) is 30.2. The first kappa shape index (κ1) is 27.2. The minimum atomic E-state index is -0.466. The van der Waals surface area contributed by atoms with Crippen LogP contribution in [0.5, 0.6) is 11.5 Å². The highest BCUT2D eigenvalue weighted by atomic mass is 16.5. The summed E-state index contributed by atoms with van der Waals surface area (Å²) in [5.41, 5.74) is 10.2. The number of amides is 2. The number of nitrogens with one attached hydrogen (secondary N) is 1. The summed E-state index contributed by atoms with van der Waals surface area (Å²) in [7, 11) is 1.58. The topological polar surface area (TPSA) is 127 Å². The van der Waals surface area contributed by atoms with E-state index in [4.69, 9.17) is 15.2 Å². The fourth-order valence-electron chi connectivity index (χ4n) is 4.84. The summed E-state index contributed by atoms with van der Waals surface area (Å²) >= 11 is 0. The lowest BCUT2D eigenvalue weighted by molar-refractivity contribution is -0.129. The van der Waals surface area contributed by atoms with E-state index >= 15 is 0 Å². The van der Waals surface area contributed by atoms with E-state index < -0.39 is 5.91 Å². The number of aliphatic hydroxyl groups excluding tert-OH is 1. The Balaban J connectivity index is 1.65. The van der Waals surface area contributed by atoms with Gasteiger partial charge in [-0.15, -0.1) is 0 Å². The smallest absolute Gasteiger partial charge is 0.221 e. The third-order valence-electron chi connectivity index (χ3n) is 6.85. The van der Waals surface area contributed by atoms with Crippen molar-refractivity contribution in [3.8, 4) is 11.5 Å². The largest absolute Gasteiger partial charge is 0.493 e. The predicted molar refractivity (Wildman–Crippen MR) is 147 cm³/mol. The summed E-state index contributed by atoms with van der Waals surface area (Å²) in [5, 5.41) is 14.0. The van der Waals surface area contributed by atoms with Gasteiger partial charge in [0.1, 0.15) is 0 Å². The molecular weight excluding hydrogens is 484 g/mol. The quantitative estimate of drug-likeness (QED) is 0.292. The number of aliphatic hydroxyl groups is 1. The Kier molecular flexibility index (Phi) is 8.68. The molecule has 0 aliphatic heterocycles. The number of carbonyl (C=O) groups is 2. The maximum Gasteiger partial charge on any atom is 0.221 e. The minimum absolute atomic E-state index is 0.0145. The Morgan fingerprint density at radius 1 is 1.21 bits per heavy atom. The van der Waals surface area contributed by atoms with E-state index in [2.05, 4.69) is 10.3 Å². The summed E-state index contributed by atoms with van der Waals surface area (Å²) in [6, 6.07) is 9.76. The molecule has 3 aromatic rings. The molecule has 2 amide bonds. The normalized spacial score (nSPS) is 12.8. The molecule has 202 valence electrons. The second-order valence-electron chi connectivity index (χ2n) is 9.55. The van der Waals surface area contributed by atoms with Gasteiger partial charge in [0.25, 0.3) is 0 Å². The highest BCUT2D eigenvalue weighted by molar-refractivity contribution is 5.98. The molecule has 0 atom stereocenters. The molecular formula is C29H36N4O5. The zero-order chi connectivity index (χ0) is 27.2. The van der Waals surface area contributed by atoms with Gasteiger partial charge in [-0.2, -0.15) is 0 Å². The number of fused-ring (bicyclic) bond motifs is 1. The van der Waals surface area contributed by atoms with Crippen LogP contribution in [0.1, 0.15) is 49.8 Å². The molecule has 9 nitrogen and oxygen atoms in total. The summed E-state index contributed by atoms with van der Waals surface area (Å²) in [5.74, 6) is 0.719. The number of benzene rings is 2. The highest BCUT2D eigenvalue weighted by Crippen LogP contribution is 2.38. The van der Waals surface area contributed by atoms with Crippen LogP contribution in [0.25, 0.3) is 10.9 Å². The number of primary amides is 1. The highest BCUT2D eigenvalue weighted by Gasteiger charge is 2.30. The van der Waals surface area contributed by atoms with Gasteiger partial charge in [0.15, 0.2) is 11.5 Å². The van der Waals surface area contributed by atoms with E-state index in [9.17, 15) is 14.7 Å². The van der Waals surface area contributed by atoms with Crippen molar-refractivity contribution < 1.29 is 24.2 Å². The number of carbonyl (C=O) groups excluding carboxylic acids is 2. The van der Waals surface area contributed by atoms with Crippen molar-refractivity contribution in [1.29, 1.82) is 0 Å². The summed E-state index contributed by atoms with van der Waals surface area (Å²) in [6.45, 7) is 4.66. The van der Waals surface area contributed by atoms with E-state index in [1.54, 1.807) is 20.2 Å². The van der Waals surface area contributed by atoms with Crippen LogP contribution in [0, 0.1) is 0 Å². The van der Waals surface area contributed by atoms with Crippen molar-refractivity contribution >= 4 is 34.1 Å². The first-order valence-corrected chi connectivity index (χ1v) is 13.0. The van der Waals surface area contributed by atoms with Crippen LogP contribution >= 0.6 is 0 Å². The van der Waals surface area contributed by atoms with Crippen molar-refractivity contribution in [1.82, 2.24) is 9.88 Å². The van der Waals surface area contributed by atoms with Crippen LogP contribution in [0.2, 0.25) is 0 Å². The lowest BCUT2D eigenvalue weighted by Crippen LogP contribution is -2.32. The number of nitrogens with zero attached hydrogens (tertiary/aromatic N) is 2. The van der Waals surface area contributed by atoms with Crippen LogP contribution in [0.15, 0.2) is 36.5 Å². The number of nitrogens with two attached hydrogens (primary N) is 1. The summed E-state index contributed by atoms with van der Waals surface area (Å²) < 4.78 is 11.7. The van der Waals surface area contributed by atoms with Gasteiger partial charge in [0.2, 0.25) is 11.8 Å². The SMILES string of the molecule is CCc1c(CO)cccc1Nc1c(CC(N)=O)cnc2cc(OCCCN(C(C)=O)C3CC3)c(OC)cc12. The molecule has 0 spiro atoms. The second-order valence-corrected chi connectivity index (χ2v) is 9.55. The number of rotatable bonds is 13. The number of hydrogen-bond acceptors (Lipinski definition) is 7. The van der Waals surface area contributed by atoms with Gasteiger partial charge in [0, 0.05) is 48.4 Å². The minimum Gasteiger partial charge on any atom is -0.493 e. The molecule has 1 saturated carbocycles. The molecule has 4 rings (SSSR count). The molecule has 0 saturated heterocycles. The Bertz CT molecular complexity index is 1320. The fraction of sp³-hybridized carbons (Fsp3) is 0.414. The maximum absolute atomic E-state index is 11.9. The molecule has 0 bridgehead atoms. The van der Waals surface area contributed by atoms with Crippen molar-refractivity contribution in [2.75, 3.05) is 25.6 Å². The molecule has 4 N–H and O–H groups in total. The molecule has 9 heteroatoms. The lowest BCUT2D eigenvalue weighted by atomic mass is 10.0. The number of methoxy groups -OCH3 is 1. The Labute approximate surface area is 222 Å². The van der Waals surface area contributed by atoms with Gasteiger partial charge in [-0.3, -0.25) is 14.6 Å². The van der Waals surface area contributed by atoms with Gasteiger partial charge < -0.3 is 30.5 Å². The molecule has 1 aliphatic rings.